The van der Waals surface area contributed by atoms with Gasteiger partial charge < -0.3 is 8.83 Å². The van der Waals surface area contributed by atoms with Crippen molar-refractivity contribution in [1.82, 2.24) is 9.97 Å². The molecule has 0 atom stereocenters. The molecule has 0 radical (unpaired) electrons. The summed E-state index contributed by atoms with van der Waals surface area (Å²) in [6, 6.07) is 30.0. The van der Waals surface area contributed by atoms with E-state index in [0.717, 1.165) is 10.8 Å². The smallest absolute Gasteiger partial charge is 0.345 e. The molecule has 4 heterocycles. The number of aromatic nitrogens is 2. The van der Waals surface area contributed by atoms with Crippen LogP contribution in [0.2, 0.25) is 0 Å². The number of anilines is 2. The maximum atomic E-state index is 13.5. The first-order chi connectivity index (χ1) is 29.4. The number of rotatable bonds is 12. The molecule has 0 aliphatic rings. The van der Waals surface area contributed by atoms with Gasteiger partial charge in [-0.15, -0.1) is 20.5 Å². The van der Waals surface area contributed by atoms with Gasteiger partial charge >= 0.3 is 11.3 Å². The Morgan fingerprint density at radius 3 is 1.38 bits per heavy atom. The second kappa shape index (κ2) is 17.1. The number of benzene rings is 4. The first-order valence-electron chi connectivity index (χ1n) is 18.3. The van der Waals surface area contributed by atoms with Crippen molar-refractivity contribution in [2.75, 3.05) is 10.9 Å². The fourth-order valence-electron chi connectivity index (χ4n) is 5.80. The van der Waals surface area contributed by atoms with Crippen molar-refractivity contribution in [3.05, 3.63) is 153 Å². The zero-order chi connectivity index (χ0) is 42.7. The Morgan fingerprint density at radius 2 is 0.967 bits per heavy atom. The van der Waals surface area contributed by atoms with E-state index in [2.05, 4.69) is 51.5 Å². The molecule has 4 aromatic heterocycles. The lowest BCUT2D eigenvalue weighted by atomic mass is 10.1. The van der Waals surface area contributed by atoms with Crippen LogP contribution >= 0.6 is 22.7 Å². The Balaban J connectivity index is 0.881. The van der Waals surface area contributed by atoms with E-state index in [4.69, 9.17) is 8.83 Å². The van der Waals surface area contributed by atoms with Crippen LogP contribution in [-0.2, 0) is 9.84 Å². The first kappa shape index (κ1) is 40.4. The predicted octanol–water partition coefficient (Wildman–Crippen LogP) is 10.8. The number of hydrogen-bond donors (Lipinski definition) is 2. The topological polar surface area (TPSA) is 219 Å². The van der Waals surface area contributed by atoms with Gasteiger partial charge in [0, 0.05) is 10.8 Å². The molecule has 0 fully saturated rings. The van der Waals surface area contributed by atoms with Crippen molar-refractivity contribution in [3.8, 4) is 0 Å². The highest BCUT2D eigenvalue weighted by Crippen LogP contribution is 2.34. The largest absolute Gasteiger partial charge is 0.422 e. The minimum absolute atomic E-state index is 0.0784. The minimum Gasteiger partial charge on any atom is -0.422 e. The van der Waals surface area contributed by atoms with Crippen LogP contribution in [-0.4, -0.2) is 29.8 Å². The maximum absolute atomic E-state index is 13.5. The Kier molecular flexibility index (Phi) is 11.3. The molecule has 16 nitrogen and oxygen atoms in total. The molecule has 0 bridgehead atoms. The maximum Gasteiger partial charge on any atom is 0.345 e. The van der Waals surface area contributed by atoms with Gasteiger partial charge in [-0.05, 0) is 100 Å². The van der Waals surface area contributed by atoms with Crippen LogP contribution in [0.25, 0.3) is 21.9 Å². The third-order valence-electron chi connectivity index (χ3n) is 9.05. The molecule has 4 aromatic carbocycles. The summed E-state index contributed by atoms with van der Waals surface area (Å²) >= 11 is 2.42. The second-order valence-corrected chi connectivity index (χ2v) is 17.2. The van der Waals surface area contributed by atoms with E-state index in [-0.39, 0.29) is 9.79 Å². The van der Waals surface area contributed by atoms with E-state index in [1.54, 1.807) is 88.4 Å². The molecule has 0 amide bonds. The zero-order valence-corrected chi connectivity index (χ0v) is 35.1. The fraction of sp³-hybridized carbons (Fsp3) is 0.0952. The number of aryl methyl sites for hydroxylation is 2. The standard InChI is InChI=1S/C42H32N10O6S3/c1-23(33-21-27-9-5-7-11-35(27)57-39(33)53)45-51-41-43-25(3)37(59-41)49-47-29-13-17-31(18-14-29)61(55,56)32-19-15-30(16-20-32)48-50-38-26(4)44-42(60-38)52-46-24(2)34-22-28-10-6-8-12-36(28)58-40(34)54/h5-22H,1-4H3,(H,43,51)(H,44,52)/b45-23+,46-24+,49-47?,50-48?. The molecule has 0 unspecified atom stereocenters. The van der Waals surface area contributed by atoms with Crippen LogP contribution in [0.4, 0.5) is 31.6 Å². The van der Waals surface area contributed by atoms with E-state index in [1.807, 2.05) is 24.3 Å². The van der Waals surface area contributed by atoms with Gasteiger partial charge in [0.05, 0.1) is 55.1 Å². The highest BCUT2D eigenvalue weighted by molar-refractivity contribution is 7.91. The Morgan fingerprint density at radius 1 is 0.574 bits per heavy atom. The first-order valence-corrected chi connectivity index (χ1v) is 21.4. The number of azo groups is 2. The number of nitrogens with one attached hydrogen (secondary N) is 2. The van der Waals surface area contributed by atoms with Crippen LogP contribution in [0.3, 0.4) is 0 Å². The molecular formula is C42H32N10O6S3. The third kappa shape index (κ3) is 8.98. The van der Waals surface area contributed by atoms with Gasteiger partial charge in [0.2, 0.25) is 20.1 Å². The summed E-state index contributed by atoms with van der Waals surface area (Å²) in [5, 5.41) is 29.3. The summed E-state index contributed by atoms with van der Waals surface area (Å²) in [4.78, 5) is 34.1. The molecule has 0 aliphatic heterocycles. The van der Waals surface area contributed by atoms with E-state index in [0.29, 0.717) is 76.7 Å². The Labute approximate surface area is 354 Å². The summed E-state index contributed by atoms with van der Waals surface area (Å²) in [7, 11) is -3.86. The van der Waals surface area contributed by atoms with Crippen LogP contribution in [0, 0.1) is 13.8 Å². The van der Waals surface area contributed by atoms with Gasteiger partial charge in [-0.3, -0.25) is 10.9 Å². The van der Waals surface area contributed by atoms with Crippen molar-refractivity contribution in [2.24, 2.45) is 30.7 Å². The lowest BCUT2D eigenvalue weighted by molar-refractivity contribution is 0.559. The number of fused-ring (bicyclic) bond motifs is 2. The van der Waals surface area contributed by atoms with Crippen LogP contribution in [0.1, 0.15) is 36.4 Å². The van der Waals surface area contributed by atoms with Crippen molar-refractivity contribution >= 4 is 97.5 Å². The van der Waals surface area contributed by atoms with Gasteiger partial charge in [-0.1, -0.05) is 59.1 Å². The number of nitrogens with zero attached hydrogens (tertiary/aromatic N) is 8. The number of sulfone groups is 1. The molecule has 8 aromatic rings. The summed E-state index contributed by atoms with van der Waals surface area (Å²) in [5.41, 5.74) is 9.32. The third-order valence-corrected chi connectivity index (χ3v) is 12.7. The van der Waals surface area contributed by atoms with Gasteiger partial charge in [-0.2, -0.15) is 10.2 Å². The van der Waals surface area contributed by atoms with Gasteiger partial charge in [-0.25, -0.2) is 28.0 Å². The summed E-state index contributed by atoms with van der Waals surface area (Å²) in [6.07, 6.45) is 0. The lowest BCUT2D eigenvalue weighted by Crippen LogP contribution is -2.13. The molecular weight excluding hydrogens is 837 g/mol. The quantitative estimate of drug-likeness (QED) is 0.0512. The van der Waals surface area contributed by atoms with E-state index in [9.17, 15) is 18.0 Å². The minimum atomic E-state index is -3.86. The van der Waals surface area contributed by atoms with E-state index in [1.165, 1.54) is 46.9 Å². The summed E-state index contributed by atoms with van der Waals surface area (Å²) in [6.45, 7) is 6.94. The van der Waals surface area contributed by atoms with Crippen molar-refractivity contribution in [2.45, 2.75) is 37.5 Å². The normalized spacial score (nSPS) is 12.6. The van der Waals surface area contributed by atoms with E-state index < -0.39 is 21.1 Å². The average molecular weight is 869 g/mol. The monoisotopic (exact) mass is 868 g/mol. The Hall–Kier alpha value is -7.35. The van der Waals surface area contributed by atoms with Crippen LogP contribution in [0.15, 0.2) is 168 Å². The molecule has 0 saturated carbocycles. The number of hydrogen-bond acceptors (Lipinski definition) is 18. The Bertz CT molecular complexity index is 3100. The summed E-state index contributed by atoms with van der Waals surface area (Å²) < 4.78 is 37.7. The van der Waals surface area contributed by atoms with Crippen LogP contribution in [0.5, 0.6) is 0 Å². The van der Waals surface area contributed by atoms with Gasteiger partial charge in [0.1, 0.15) is 11.2 Å². The molecule has 61 heavy (non-hydrogen) atoms. The second-order valence-electron chi connectivity index (χ2n) is 13.3. The lowest BCUT2D eigenvalue weighted by Gasteiger charge is -2.05. The van der Waals surface area contributed by atoms with E-state index >= 15 is 0 Å². The predicted molar refractivity (Wildman–Crippen MR) is 237 cm³/mol. The van der Waals surface area contributed by atoms with Gasteiger partial charge in [0.15, 0.2) is 10.0 Å². The number of hydrazone groups is 2. The fourth-order valence-corrected chi connectivity index (χ4v) is 8.52. The number of thiazole rings is 2. The molecule has 8 rings (SSSR count). The molecule has 2 N–H and O–H groups in total. The molecule has 0 saturated heterocycles. The highest BCUT2D eigenvalue weighted by Gasteiger charge is 2.18. The summed E-state index contributed by atoms with van der Waals surface area (Å²) in [5.74, 6) is 0. The molecule has 0 aliphatic carbocycles. The number of para-hydroxylation sites is 2. The highest BCUT2D eigenvalue weighted by atomic mass is 32.2. The zero-order valence-electron chi connectivity index (χ0n) is 32.6. The van der Waals surface area contributed by atoms with Gasteiger partial charge in [0.25, 0.3) is 0 Å². The SMILES string of the molecule is C/C(=N\Nc1nc(C)c(N=Nc2ccc(S(=O)(=O)c3ccc(N=Nc4sc(N/N=C(\C)c5cc6ccccc6oc5=O)nc4C)cc3)cc2)s1)c1cc2ccccc2oc1=O. The van der Waals surface area contributed by atoms with Crippen LogP contribution < -0.4 is 22.1 Å². The molecule has 304 valence electrons. The van der Waals surface area contributed by atoms with Crippen molar-refractivity contribution in [3.63, 3.8) is 0 Å². The molecule has 0 spiro atoms. The van der Waals surface area contributed by atoms with Crippen molar-refractivity contribution in [1.29, 1.82) is 0 Å². The molecule has 19 heteroatoms. The average Bonchev–Trinajstić information content (AvgIpc) is 3.82. The van der Waals surface area contributed by atoms with Crippen molar-refractivity contribution < 1.29 is 17.3 Å².